The third-order valence-electron chi connectivity index (χ3n) is 5.67. The third-order valence-corrected chi connectivity index (χ3v) is 5.67. The van der Waals surface area contributed by atoms with Crippen LogP contribution in [0.15, 0.2) is 18.2 Å². The molecule has 28 heavy (non-hydrogen) atoms. The van der Waals surface area contributed by atoms with E-state index in [1.807, 2.05) is 4.90 Å². The Morgan fingerprint density at radius 1 is 1.32 bits per heavy atom. The molecule has 1 aromatic rings. The van der Waals surface area contributed by atoms with Gasteiger partial charge in [0.05, 0.1) is 19.6 Å². The quantitative estimate of drug-likeness (QED) is 0.746. The zero-order chi connectivity index (χ0) is 20.1. The van der Waals surface area contributed by atoms with E-state index in [1.54, 1.807) is 17.0 Å². The Kier molecular flexibility index (Phi) is 6.85. The van der Waals surface area contributed by atoms with Crippen molar-refractivity contribution >= 4 is 11.8 Å². The van der Waals surface area contributed by atoms with Crippen molar-refractivity contribution in [3.8, 4) is 5.75 Å². The molecule has 0 aromatic heterocycles. The predicted molar refractivity (Wildman–Crippen MR) is 101 cm³/mol. The van der Waals surface area contributed by atoms with Crippen LogP contribution in [0.5, 0.6) is 5.75 Å². The van der Waals surface area contributed by atoms with E-state index in [9.17, 15) is 19.1 Å². The number of benzene rings is 1. The Labute approximate surface area is 164 Å². The van der Waals surface area contributed by atoms with Gasteiger partial charge in [0.15, 0.2) is 0 Å². The number of rotatable bonds is 6. The lowest BCUT2D eigenvalue weighted by atomic mass is 9.97. The first kappa shape index (κ1) is 20.5. The van der Waals surface area contributed by atoms with Crippen LogP contribution in [0.3, 0.4) is 0 Å². The first-order chi connectivity index (χ1) is 13.5. The van der Waals surface area contributed by atoms with Crippen LogP contribution in [0.4, 0.5) is 4.39 Å². The van der Waals surface area contributed by atoms with E-state index in [4.69, 9.17) is 4.74 Å². The molecule has 1 atom stereocenters. The molecule has 3 rings (SSSR count). The second-order valence-electron chi connectivity index (χ2n) is 7.45. The van der Waals surface area contributed by atoms with Crippen LogP contribution >= 0.6 is 0 Å². The van der Waals surface area contributed by atoms with Gasteiger partial charge in [-0.1, -0.05) is 6.07 Å². The van der Waals surface area contributed by atoms with Gasteiger partial charge in [0.1, 0.15) is 11.6 Å². The molecule has 0 spiro atoms. The fourth-order valence-corrected chi connectivity index (χ4v) is 3.83. The van der Waals surface area contributed by atoms with Crippen molar-refractivity contribution in [1.29, 1.82) is 0 Å². The fourth-order valence-electron chi connectivity index (χ4n) is 3.83. The summed E-state index contributed by atoms with van der Waals surface area (Å²) in [5, 5.41) is 12.0. The molecule has 0 bridgehead atoms. The van der Waals surface area contributed by atoms with Gasteiger partial charge in [-0.3, -0.25) is 14.5 Å². The van der Waals surface area contributed by atoms with Crippen molar-refractivity contribution < 1.29 is 23.8 Å². The Morgan fingerprint density at radius 2 is 2.07 bits per heavy atom. The van der Waals surface area contributed by atoms with Crippen LogP contribution in [0.1, 0.15) is 24.8 Å². The molecule has 2 aliphatic heterocycles. The summed E-state index contributed by atoms with van der Waals surface area (Å²) >= 11 is 0. The summed E-state index contributed by atoms with van der Waals surface area (Å²) in [6.07, 6.45) is 1.63. The minimum absolute atomic E-state index is 0.0707. The molecule has 1 aromatic carbocycles. The standard InChI is InChI=1S/C20H28FN3O4/c1-28-16-3-2-15(17(21)10-16)12-24-9-6-22-20(27)18(24)11-19(26)23-7-4-14(13-25)5-8-23/h2-3,10,14,18,25H,4-9,11-13H2,1H3,(H,22,27)/t18-/m0/s1. The van der Waals surface area contributed by atoms with Gasteiger partial charge in [0, 0.05) is 51.0 Å². The maximum atomic E-state index is 14.3. The van der Waals surface area contributed by atoms with E-state index in [0.29, 0.717) is 37.5 Å². The van der Waals surface area contributed by atoms with Crippen molar-refractivity contribution in [2.24, 2.45) is 5.92 Å². The molecular formula is C20H28FN3O4. The van der Waals surface area contributed by atoms with Gasteiger partial charge in [0.25, 0.3) is 0 Å². The number of halogens is 1. The molecule has 0 aliphatic carbocycles. The summed E-state index contributed by atoms with van der Waals surface area (Å²) in [5.41, 5.74) is 0.469. The van der Waals surface area contributed by atoms with E-state index in [1.165, 1.54) is 13.2 Å². The molecule has 2 fully saturated rings. The number of methoxy groups -OCH3 is 1. The average Bonchev–Trinajstić information content (AvgIpc) is 2.71. The molecule has 8 heteroatoms. The number of amides is 2. The normalized spacial score (nSPS) is 21.5. The molecule has 154 valence electrons. The highest BCUT2D eigenvalue weighted by atomic mass is 19.1. The van der Waals surface area contributed by atoms with Gasteiger partial charge in [-0.05, 0) is 24.8 Å². The van der Waals surface area contributed by atoms with Gasteiger partial charge >= 0.3 is 0 Å². The Bertz CT molecular complexity index is 707. The summed E-state index contributed by atoms with van der Waals surface area (Å²) in [6.45, 7) is 2.64. The Balaban J connectivity index is 1.65. The highest BCUT2D eigenvalue weighted by Gasteiger charge is 2.34. The molecular weight excluding hydrogens is 365 g/mol. The maximum Gasteiger partial charge on any atom is 0.237 e. The second kappa shape index (κ2) is 9.34. The number of hydrogen-bond donors (Lipinski definition) is 2. The Morgan fingerprint density at radius 3 is 2.71 bits per heavy atom. The molecule has 2 heterocycles. The van der Waals surface area contributed by atoms with Crippen LogP contribution in [-0.4, -0.2) is 72.7 Å². The molecule has 2 saturated heterocycles. The number of ether oxygens (including phenoxy) is 1. The maximum absolute atomic E-state index is 14.3. The van der Waals surface area contributed by atoms with Crippen LogP contribution in [0.25, 0.3) is 0 Å². The summed E-state index contributed by atoms with van der Waals surface area (Å²) in [4.78, 5) is 28.8. The minimum Gasteiger partial charge on any atom is -0.497 e. The number of likely N-dealkylation sites (tertiary alicyclic amines) is 1. The monoisotopic (exact) mass is 393 g/mol. The molecule has 2 amide bonds. The molecule has 2 N–H and O–H groups in total. The lowest BCUT2D eigenvalue weighted by Gasteiger charge is -2.37. The highest BCUT2D eigenvalue weighted by Crippen LogP contribution is 2.22. The van der Waals surface area contributed by atoms with Gasteiger partial charge in [-0.2, -0.15) is 0 Å². The SMILES string of the molecule is COc1ccc(CN2CCNC(=O)[C@@H]2CC(=O)N2CCC(CO)CC2)c(F)c1. The molecule has 2 aliphatic rings. The first-order valence-electron chi connectivity index (χ1n) is 9.74. The van der Waals surface area contributed by atoms with Crippen molar-refractivity contribution in [3.63, 3.8) is 0 Å². The van der Waals surface area contributed by atoms with Gasteiger partial charge in [-0.15, -0.1) is 0 Å². The molecule has 0 saturated carbocycles. The van der Waals surface area contributed by atoms with E-state index in [-0.39, 0.29) is 43.1 Å². The minimum atomic E-state index is -0.613. The molecule has 0 unspecified atom stereocenters. The van der Waals surface area contributed by atoms with Crippen LogP contribution in [0, 0.1) is 11.7 Å². The van der Waals surface area contributed by atoms with E-state index in [0.717, 1.165) is 12.8 Å². The number of aliphatic hydroxyl groups is 1. The van der Waals surface area contributed by atoms with Crippen molar-refractivity contribution in [1.82, 2.24) is 15.1 Å². The summed E-state index contributed by atoms with van der Waals surface area (Å²) in [5.74, 6) is 0.0334. The Hall–Kier alpha value is -2.19. The lowest BCUT2D eigenvalue weighted by molar-refractivity contribution is -0.140. The average molecular weight is 393 g/mol. The second-order valence-corrected chi connectivity index (χ2v) is 7.45. The zero-order valence-corrected chi connectivity index (χ0v) is 16.2. The number of hydrogen-bond acceptors (Lipinski definition) is 5. The topological polar surface area (TPSA) is 82.1 Å². The van der Waals surface area contributed by atoms with Crippen molar-refractivity contribution in [2.45, 2.75) is 31.8 Å². The smallest absolute Gasteiger partial charge is 0.237 e. The van der Waals surface area contributed by atoms with Crippen molar-refractivity contribution in [3.05, 3.63) is 29.6 Å². The summed E-state index contributed by atoms with van der Waals surface area (Å²) in [6, 6.07) is 4.05. The molecule has 7 nitrogen and oxygen atoms in total. The summed E-state index contributed by atoms with van der Waals surface area (Å²) in [7, 11) is 1.48. The number of carbonyl (C=O) groups excluding carboxylic acids is 2. The lowest BCUT2D eigenvalue weighted by Crippen LogP contribution is -2.56. The van der Waals surface area contributed by atoms with Crippen LogP contribution in [-0.2, 0) is 16.1 Å². The van der Waals surface area contributed by atoms with Gasteiger partial charge < -0.3 is 20.1 Å². The van der Waals surface area contributed by atoms with Crippen molar-refractivity contribution in [2.75, 3.05) is 39.9 Å². The van der Waals surface area contributed by atoms with Crippen LogP contribution < -0.4 is 10.1 Å². The molecule has 0 radical (unpaired) electrons. The number of nitrogens with one attached hydrogen (secondary N) is 1. The van der Waals surface area contributed by atoms with E-state index < -0.39 is 6.04 Å². The number of carbonyl (C=O) groups is 2. The first-order valence-corrected chi connectivity index (χ1v) is 9.74. The van der Waals surface area contributed by atoms with Gasteiger partial charge in [-0.25, -0.2) is 4.39 Å². The highest BCUT2D eigenvalue weighted by molar-refractivity contribution is 5.88. The zero-order valence-electron chi connectivity index (χ0n) is 16.2. The largest absolute Gasteiger partial charge is 0.497 e. The van der Waals surface area contributed by atoms with E-state index in [2.05, 4.69) is 5.32 Å². The number of aliphatic hydroxyl groups excluding tert-OH is 1. The third kappa shape index (κ3) is 4.80. The number of piperidine rings is 1. The van der Waals surface area contributed by atoms with Crippen LogP contribution in [0.2, 0.25) is 0 Å². The summed E-state index contributed by atoms with van der Waals surface area (Å²) < 4.78 is 19.4. The number of piperazine rings is 1. The predicted octanol–water partition coefficient (Wildman–Crippen LogP) is 0.756. The van der Waals surface area contributed by atoms with Gasteiger partial charge in [0.2, 0.25) is 11.8 Å². The fraction of sp³-hybridized carbons (Fsp3) is 0.600. The number of nitrogens with zero attached hydrogens (tertiary/aromatic N) is 2. The van der Waals surface area contributed by atoms with E-state index >= 15 is 0 Å².